The van der Waals surface area contributed by atoms with Gasteiger partial charge in [0.1, 0.15) is 18.7 Å². The number of hydrogen-bond acceptors (Lipinski definition) is 6. The number of terminal acetylenes is 1. The molecule has 1 aromatic carbocycles. The molecule has 1 saturated heterocycles. The quantitative estimate of drug-likeness (QED) is 0.269. The summed E-state index contributed by atoms with van der Waals surface area (Å²) in [7, 11) is 0. The zero-order chi connectivity index (χ0) is 26.7. The summed E-state index contributed by atoms with van der Waals surface area (Å²) in [5, 5.41) is 11.5. The second kappa shape index (κ2) is 13.8. The Labute approximate surface area is 207 Å². The van der Waals surface area contributed by atoms with Gasteiger partial charge < -0.3 is 30.7 Å². The van der Waals surface area contributed by atoms with Crippen LogP contribution in [-0.2, 0) is 25.5 Å². The number of halogens is 3. The van der Waals surface area contributed by atoms with E-state index in [1.54, 1.807) is 30.3 Å². The van der Waals surface area contributed by atoms with E-state index < -0.39 is 48.6 Å². The third-order valence-corrected chi connectivity index (χ3v) is 5.75. The number of likely N-dealkylation sites (tertiary alicyclic amines) is 1. The average Bonchev–Trinajstić information content (AvgIpc) is 3.32. The van der Waals surface area contributed by atoms with Gasteiger partial charge in [-0.1, -0.05) is 36.3 Å². The molecule has 0 unspecified atom stereocenters. The Balaban J connectivity index is 2.17. The lowest BCUT2D eigenvalue weighted by Gasteiger charge is -2.33. The molecule has 4 N–H and O–H groups in total. The second-order valence-electron chi connectivity index (χ2n) is 8.38. The number of nitrogens with two attached hydrogens (primary N) is 1. The predicted molar refractivity (Wildman–Crippen MR) is 124 cm³/mol. The van der Waals surface area contributed by atoms with E-state index in [-0.39, 0.29) is 39.3 Å². The van der Waals surface area contributed by atoms with E-state index in [2.05, 4.69) is 11.2 Å². The van der Waals surface area contributed by atoms with Gasteiger partial charge in [-0.15, -0.1) is 6.42 Å². The number of carbonyl (C=O) groups excluding carboxylic acids is 3. The van der Waals surface area contributed by atoms with Crippen molar-refractivity contribution in [3.8, 4) is 12.3 Å². The molecule has 3 atom stereocenters. The van der Waals surface area contributed by atoms with Crippen LogP contribution in [0.3, 0.4) is 0 Å². The number of rotatable bonds is 12. The van der Waals surface area contributed by atoms with E-state index in [1.807, 2.05) is 0 Å². The lowest BCUT2D eigenvalue weighted by molar-refractivity contribution is -0.186. The number of nitrogens with zero attached hydrogens (tertiary/aromatic N) is 2. The summed E-state index contributed by atoms with van der Waals surface area (Å²) in [6, 6.07) is 5.59. The standard InChI is InChI=1S/C24H31F3N4O5/c1-2-13-36-16-20(29-21(33)19(28)15-32)22(34)31-11-6-9-18(31)14-30(23(35)24(25,26)27)12-10-17-7-4-3-5-8-17/h1,3-5,7-8,18-20,32H,6,9-16,28H2,(H,29,33)/t18-,19-,20-/m0/s1. The summed E-state index contributed by atoms with van der Waals surface area (Å²) in [5.41, 5.74) is 6.28. The van der Waals surface area contributed by atoms with Gasteiger partial charge in [0.05, 0.1) is 13.2 Å². The topological polar surface area (TPSA) is 125 Å². The van der Waals surface area contributed by atoms with Crippen molar-refractivity contribution < 1.29 is 37.4 Å². The number of benzene rings is 1. The molecule has 1 aliphatic heterocycles. The highest BCUT2D eigenvalue weighted by atomic mass is 19.4. The number of hydrogen-bond donors (Lipinski definition) is 3. The summed E-state index contributed by atoms with van der Waals surface area (Å²) < 4.78 is 45.2. The van der Waals surface area contributed by atoms with Crippen molar-refractivity contribution in [1.29, 1.82) is 0 Å². The van der Waals surface area contributed by atoms with Crippen LogP contribution in [0.5, 0.6) is 0 Å². The number of amides is 3. The summed E-state index contributed by atoms with van der Waals surface area (Å²) in [6.07, 6.45) is 1.18. The van der Waals surface area contributed by atoms with Crippen molar-refractivity contribution in [1.82, 2.24) is 15.1 Å². The van der Waals surface area contributed by atoms with E-state index in [1.165, 1.54) is 4.90 Å². The minimum absolute atomic E-state index is 0.136. The van der Waals surface area contributed by atoms with Crippen LogP contribution >= 0.6 is 0 Å². The molecule has 9 nitrogen and oxygen atoms in total. The van der Waals surface area contributed by atoms with Crippen LogP contribution in [0.25, 0.3) is 0 Å². The van der Waals surface area contributed by atoms with Crippen molar-refractivity contribution >= 4 is 17.7 Å². The maximum absolute atomic E-state index is 13.3. The minimum Gasteiger partial charge on any atom is -0.394 e. The van der Waals surface area contributed by atoms with Crippen LogP contribution < -0.4 is 11.1 Å². The molecule has 1 aliphatic rings. The molecule has 12 heteroatoms. The Hall–Kier alpha value is -3.14. The maximum Gasteiger partial charge on any atom is 0.471 e. The van der Waals surface area contributed by atoms with Crippen molar-refractivity contribution in [3.05, 3.63) is 35.9 Å². The number of aliphatic hydroxyl groups is 1. The molecule has 36 heavy (non-hydrogen) atoms. The van der Waals surface area contributed by atoms with Crippen molar-refractivity contribution in [2.45, 2.75) is 43.6 Å². The van der Waals surface area contributed by atoms with E-state index in [0.29, 0.717) is 17.7 Å². The normalized spacial score (nSPS) is 17.2. The summed E-state index contributed by atoms with van der Waals surface area (Å²) in [6.45, 7) is -1.36. The first-order valence-electron chi connectivity index (χ1n) is 11.5. The van der Waals surface area contributed by atoms with Crippen LogP contribution in [-0.4, -0.2) is 96.4 Å². The summed E-state index contributed by atoms with van der Waals surface area (Å²) in [4.78, 5) is 39.7. The Morgan fingerprint density at radius 3 is 2.61 bits per heavy atom. The van der Waals surface area contributed by atoms with Gasteiger partial charge in [0.25, 0.3) is 0 Å². The molecule has 0 saturated carbocycles. The molecule has 0 spiro atoms. The molecule has 2 rings (SSSR count). The second-order valence-corrected chi connectivity index (χ2v) is 8.38. The number of aliphatic hydroxyl groups excluding tert-OH is 1. The summed E-state index contributed by atoms with van der Waals surface area (Å²) >= 11 is 0. The van der Waals surface area contributed by atoms with Crippen LogP contribution in [0.1, 0.15) is 18.4 Å². The fourth-order valence-electron chi connectivity index (χ4n) is 3.91. The van der Waals surface area contributed by atoms with Crippen molar-refractivity contribution in [2.75, 3.05) is 39.5 Å². The van der Waals surface area contributed by atoms with E-state index in [9.17, 15) is 27.6 Å². The summed E-state index contributed by atoms with van der Waals surface area (Å²) in [5.74, 6) is -1.15. The van der Waals surface area contributed by atoms with Gasteiger partial charge in [-0.2, -0.15) is 13.2 Å². The first kappa shape index (κ1) is 29.1. The van der Waals surface area contributed by atoms with E-state index in [0.717, 1.165) is 5.56 Å². The highest BCUT2D eigenvalue weighted by molar-refractivity contribution is 5.90. The fraction of sp³-hybridized carbons (Fsp3) is 0.542. The Morgan fingerprint density at radius 1 is 1.31 bits per heavy atom. The van der Waals surface area contributed by atoms with E-state index in [4.69, 9.17) is 22.0 Å². The molecule has 3 amide bonds. The van der Waals surface area contributed by atoms with Crippen LogP contribution in [0.4, 0.5) is 13.2 Å². The first-order chi connectivity index (χ1) is 17.1. The van der Waals surface area contributed by atoms with Gasteiger partial charge in [-0.25, -0.2) is 0 Å². The molecule has 1 aromatic rings. The van der Waals surface area contributed by atoms with Crippen LogP contribution in [0, 0.1) is 12.3 Å². The number of carbonyl (C=O) groups is 3. The van der Waals surface area contributed by atoms with Gasteiger partial charge in [0.15, 0.2) is 0 Å². The molecular formula is C24H31F3N4O5. The number of ether oxygens (including phenoxy) is 1. The molecule has 1 fully saturated rings. The van der Waals surface area contributed by atoms with Crippen molar-refractivity contribution in [3.63, 3.8) is 0 Å². The Bertz CT molecular complexity index is 923. The zero-order valence-electron chi connectivity index (χ0n) is 19.7. The molecule has 0 aromatic heterocycles. The predicted octanol–water partition coefficient (Wildman–Crippen LogP) is 0.0652. The van der Waals surface area contributed by atoms with Crippen molar-refractivity contribution in [2.24, 2.45) is 5.73 Å². The largest absolute Gasteiger partial charge is 0.471 e. The zero-order valence-corrected chi connectivity index (χ0v) is 19.7. The lowest BCUT2D eigenvalue weighted by Crippen LogP contribution is -2.57. The lowest BCUT2D eigenvalue weighted by atomic mass is 10.1. The highest BCUT2D eigenvalue weighted by Crippen LogP contribution is 2.24. The minimum atomic E-state index is -5.07. The number of nitrogens with one attached hydrogen (secondary N) is 1. The maximum atomic E-state index is 13.3. The molecule has 1 heterocycles. The van der Waals surface area contributed by atoms with Gasteiger partial charge in [0, 0.05) is 25.7 Å². The molecule has 0 bridgehead atoms. The monoisotopic (exact) mass is 512 g/mol. The third-order valence-electron chi connectivity index (χ3n) is 5.75. The molecule has 0 radical (unpaired) electrons. The van der Waals surface area contributed by atoms with Gasteiger partial charge >= 0.3 is 12.1 Å². The van der Waals surface area contributed by atoms with E-state index >= 15 is 0 Å². The van der Waals surface area contributed by atoms with Gasteiger partial charge in [-0.3, -0.25) is 14.4 Å². The molecule has 198 valence electrons. The Kier molecular flexibility index (Phi) is 11.2. The fourth-order valence-corrected chi connectivity index (χ4v) is 3.91. The molecular weight excluding hydrogens is 481 g/mol. The first-order valence-corrected chi connectivity index (χ1v) is 11.5. The van der Waals surface area contributed by atoms with Gasteiger partial charge in [-0.05, 0) is 24.8 Å². The van der Waals surface area contributed by atoms with Gasteiger partial charge in [0.2, 0.25) is 11.8 Å². The highest BCUT2D eigenvalue weighted by Gasteiger charge is 2.44. The Morgan fingerprint density at radius 2 is 2.00 bits per heavy atom. The van der Waals surface area contributed by atoms with Crippen LogP contribution in [0.15, 0.2) is 30.3 Å². The SMILES string of the molecule is C#CCOC[C@H](NC(=O)[C@@H](N)CO)C(=O)N1CCC[C@H]1CN(CCc1ccccc1)C(=O)C(F)(F)F. The van der Waals surface area contributed by atoms with Crippen LogP contribution in [0.2, 0.25) is 0 Å². The third kappa shape index (κ3) is 8.51. The average molecular weight is 513 g/mol. The molecule has 0 aliphatic carbocycles. The number of alkyl halides is 3. The smallest absolute Gasteiger partial charge is 0.394 e.